The molecule has 6 nitrogen and oxygen atoms in total. The third kappa shape index (κ3) is 5.29. The second-order valence-corrected chi connectivity index (χ2v) is 8.14. The average Bonchev–Trinajstić information content (AvgIpc) is 3.22. The van der Waals surface area contributed by atoms with Crippen LogP contribution >= 0.6 is 0 Å². The maximum Gasteiger partial charge on any atom is 0.311 e. The molecule has 168 valence electrons. The highest BCUT2D eigenvalue weighted by atomic mass is 16.5. The van der Waals surface area contributed by atoms with Crippen LogP contribution in [0.3, 0.4) is 0 Å². The Hall–Kier alpha value is -3.93. The first-order chi connectivity index (χ1) is 15.9. The zero-order valence-corrected chi connectivity index (χ0v) is 18.6. The number of rotatable bonds is 7. The quantitative estimate of drug-likeness (QED) is 0.385. The van der Waals surface area contributed by atoms with Crippen molar-refractivity contribution in [1.29, 1.82) is 0 Å². The number of Topliss-reactive ketones (excluding diaryl/α,β-unsaturated/α-hetero) is 1. The van der Waals surface area contributed by atoms with Crippen molar-refractivity contribution in [3.8, 4) is 11.5 Å². The van der Waals surface area contributed by atoms with Gasteiger partial charge in [0, 0.05) is 24.2 Å². The SMILES string of the molecule is Cc1ccc(Oc2ccc(N3C[C@@H](C(=O)OCC(=O)c4ccccc4)CC3=O)cc2)cc1C. The molecule has 6 heteroatoms. The Balaban J connectivity index is 1.34. The number of amides is 1. The maximum atomic E-state index is 12.5. The molecule has 1 heterocycles. The van der Waals surface area contributed by atoms with Crippen LogP contribution in [0.1, 0.15) is 27.9 Å². The highest BCUT2D eigenvalue weighted by Gasteiger charge is 2.36. The van der Waals surface area contributed by atoms with Gasteiger partial charge in [-0.25, -0.2) is 0 Å². The van der Waals surface area contributed by atoms with Crippen LogP contribution in [0.4, 0.5) is 5.69 Å². The van der Waals surface area contributed by atoms with Gasteiger partial charge in [0.25, 0.3) is 0 Å². The summed E-state index contributed by atoms with van der Waals surface area (Å²) in [5.41, 5.74) is 3.51. The van der Waals surface area contributed by atoms with Gasteiger partial charge in [0.1, 0.15) is 11.5 Å². The molecule has 1 aliphatic rings. The van der Waals surface area contributed by atoms with E-state index in [1.807, 2.05) is 38.1 Å². The summed E-state index contributed by atoms with van der Waals surface area (Å²) < 4.78 is 11.1. The second kappa shape index (κ2) is 9.69. The lowest BCUT2D eigenvalue weighted by Crippen LogP contribution is -2.27. The minimum Gasteiger partial charge on any atom is -0.457 e. The monoisotopic (exact) mass is 443 g/mol. The number of anilines is 1. The average molecular weight is 443 g/mol. The molecule has 0 radical (unpaired) electrons. The fraction of sp³-hybridized carbons (Fsp3) is 0.222. The molecule has 1 saturated heterocycles. The summed E-state index contributed by atoms with van der Waals surface area (Å²) in [5.74, 6) is -0.170. The first kappa shape index (κ1) is 22.3. The summed E-state index contributed by atoms with van der Waals surface area (Å²) >= 11 is 0. The van der Waals surface area contributed by atoms with Gasteiger partial charge in [-0.2, -0.15) is 0 Å². The van der Waals surface area contributed by atoms with Gasteiger partial charge < -0.3 is 14.4 Å². The minimum absolute atomic E-state index is 0.0548. The number of hydrogen-bond donors (Lipinski definition) is 0. The molecule has 0 saturated carbocycles. The van der Waals surface area contributed by atoms with Gasteiger partial charge in [-0.3, -0.25) is 14.4 Å². The zero-order chi connectivity index (χ0) is 23.4. The molecule has 0 aliphatic carbocycles. The van der Waals surface area contributed by atoms with Crippen LogP contribution in [0.5, 0.6) is 11.5 Å². The van der Waals surface area contributed by atoms with E-state index in [4.69, 9.17) is 9.47 Å². The number of nitrogens with zero attached hydrogens (tertiary/aromatic N) is 1. The Morgan fingerprint density at radius 1 is 0.909 bits per heavy atom. The second-order valence-electron chi connectivity index (χ2n) is 8.14. The van der Waals surface area contributed by atoms with Crippen molar-refractivity contribution in [3.05, 3.63) is 89.5 Å². The van der Waals surface area contributed by atoms with Crippen LogP contribution in [0.2, 0.25) is 0 Å². The Morgan fingerprint density at radius 2 is 1.61 bits per heavy atom. The molecule has 0 bridgehead atoms. The van der Waals surface area contributed by atoms with Crippen LogP contribution in [-0.2, 0) is 14.3 Å². The first-order valence-electron chi connectivity index (χ1n) is 10.8. The molecule has 0 unspecified atom stereocenters. The van der Waals surface area contributed by atoms with Crippen LogP contribution in [0.25, 0.3) is 0 Å². The van der Waals surface area contributed by atoms with Gasteiger partial charge >= 0.3 is 5.97 Å². The van der Waals surface area contributed by atoms with E-state index >= 15 is 0 Å². The van der Waals surface area contributed by atoms with E-state index in [2.05, 4.69) is 0 Å². The lowest BCUT2D eigenvalue weighted by atomic mass is 10.1. The lowest BCUT2D eigenvalue weighted by Gasteiger charge is -2.17. The van der Waals surface area contributed by atoms with Gasteiger partial charge in [0.2, 0.25) is 5.91 Å². The summed E-state index contributed by atoms with van der Waals surface area (Å²) in [4.78, 5) is 38.7. The zero-order valence-electron chi connectivity index (χ0n) is 18.6. The van der Waals surface area contributed by atoms with Crippen molar-refractivity contribution in [2.45, 2.75) is 20.3 Å². The Morgan fingerprint density at radius 3 is 2.30 bits per heavy atom. The molecular formula is C27H25NO5. The number of aryl methyl sites for hydroxylation is 2. The summed E-state index contributed by atoms with van der Waals surface area (Å²) in [7, 11) is 0. The van der Waals surface area contributed by atoms with E-state index in [9.17, 15) is 14.4 Å². The van der Waals surface area contributed by atoms with Gasteiger partial charge in [0.05, 0.1) is 5.92 Å². The van der Waals surface area contributed by atoms with E-state index in [1.165, 1.54) is 5.56 Å². The number of carbonyl (C=O) groups is 3. The molecule has 1 aliphatic heterocycles. The van der Waals surface area contributed by atoms with Gasteiger partial charge in [-0.05, 0) is 61.4 Å². The van der Waals surface area contributed by atoms with Crippen molar-refractivity contribution >= 4 is 23.3 Å². The van der Waals surface area contributed by atoms with Crippen LogP contribution in [0, 0.1) is 19.8 Å². The molecule has 0 N–H and O–H groups in total. The molecule has 1 atom stereocenters. The fourth-order valence-electron chi connectivity index (χ4n) is 3.68. The number of esters is 1. The third-order valence-corrected chi connectivity index (χ3v) is 5.76. The van der Waals surface area contributed by atoms with Crippen LogP contribution in [-0.4, -0.2) is 30.8 Å². The number of benzene rings is 3. The summed E-state index contributed by atoms with van der Waals surface area (Å²) in [5, 5.41) is 0. The lowest BCUT2D eigenvalue weighted by molar-refractivity contribution is -0.147. The van der Waals surface area contributed by atoms with Crippen molar-refractivity contribution in [1.82, 2.24) is 0 Å². The molecule has 4 rings (SSSR count). The minimum atomic E-state index is -0.604. The predicted molar refractivity (Wildman–Crippen MR) is 125 cm³/mol. The molecule has 1 amide bonds. The predicted octanol–water partition coefficient (Wildman–Crippen LogP) is 4.87. The fourth-order valence-corrected chi connectivity index (χ4v) is 3.68. The van der Waals surface area contributed by atoms with E-state index in [-0.39, 0.29) is 31.3 Å². The highest BCUT2D eigenvalue weighted by molar-refractivity contribution is 6.01. The van der Waals surface area contributed by atoms with E-state index in [1.54, 1.807) is 53.4 Å². The van der Waals surface area contributed by atoms with Crippen molar-refractivity contribution in [2.75, 3.05) is 18.1 Å². The molecule has 0 aromatic heterocycles. The van der Waals surface area contributed by atoms with E-state index in [0.29, 0.717) is 17.0 Å². The Labute approximate surface area is 192 Å². The van der Waals surface area contributed by atoms with Crippen LogP contribution < -0.4 is 9.64 Å². The smallest absolute Gasteiger partial charge is 0.311 e. The van der Waals surface area contributed by atoms with E-state index in [0.717, 1.165) is 11.3 Å². The first-order valence-corrected chi connectivity index (χ1v) is 10.8. The molecule has 3 aromatic carbocycles. The molecule has 3 aromatic rings. The number of carbonyl (C=O) groups excluding carboxylic acids is 3. The molecular weight excluding hydrogens is 418 g/mol. The van der Waals surface area contributed by atoms with Crippen molar-refractivity contribution in [3.63, 3.8) is 0 Å². The Bertz CT molecular complexity index is 1170. The van der Waals surface area contributed by atoms with Crippen molar-refractivity contribution in [2.24, 2.45) is 5.92 Å². The normalized spacial score (nSPS) is 15.4. The summed E-state index contributed by atoms with van der Waals surface area (Å²) in [6.45, 7) is 3.96. The standard InChI is InChI=1S/C27H25NO5/c1-18-8-11-24(14-19(18)2)33-23-12-9-22(10-13-23)28-16-21(15-26(28)30)27(31)32-17-25(29)20-6-4-3-5-7-20/h3-14,21H,15-17H2,1-2H3/t21-/m0/s1. The van der Waals surface area contributed by atoms with Gasteiger partial charge in [0.15, 0.2) is 12.4 Å². The van der Waals surface area contributed by atoms with Crippen LogP contribution in [0.15, 0.2) is 72.8 Å². The van der Waals surface area contributed by atoms with Gasteiger partial charge in [-0.1, -0.05) is 36.4 Å². The summed E-state index contributed by atoms with van der Waals surface area (Å²) in [6.07, 6.45) is 0.0548. The summed E-state index contributed by atoms with van der Waals surface area (Å²) in [6, 6.07) is 21.7. The van der Waals surface area contributed by atoms with E-state index < -0.39 is 11.9 Å². The third-order valence-electron chi connectivity index (χ3n) is 5.76. The Kier molecular flexibility index (Phi) is 6.54. The highest BCUT2D eigenvalue weighted by Crippen LogP contribution is 2.29. The van der Waals surface area contributed by atoms with Crippen molar-refractivity contribution < 1.29 is 23.9 Å². The molecule has 1 fully saturated rings. The topological polar surface area (TPSA) is 72.9 Å². The number of ether oxygens (including phenoxy) is 2. The van der Waals surface area contributed by atoms with Gasteiger partial charge in [-0.15, -0.1) is 0 Å². The number of ketones is 1. The molecule has 0 spiro atoms. The number of hydrogen-bond acceptors (Lipinski definition) is 5. The largest absolute Gasteiger partial charge is 0.457 e. The molecule has 33 heavy (non-hydrogen) atoms. The maximum absolute atomic E-state index is 12.5.